The van der Waals surface area contributed by atoms with Gasteiger partial charge in [0.2, 0.25) is 0 Å². The Morgan fingerprint density at radius 3 is 2.76 bits per heavy atom. The summed E-state index contributed by atoms with van der Waals surface area (Å²) in [5.74, 6) is 2.23. The second kappa shape index (κ2) is 6.36. The molecule has 0 radical (unpaired) electrons. The molecule has 0 unspecified atom stereocenters. The summed E-state index contributed by atoms with van der Waals surface area (Å²) >= 11 is 5.77. The summed E-state index contributed by atoms with van der Waals surface area (Å²) in [6, 6.07) is 0. The highest BCUT2D eigenvalue weighted by atomic mass is 35.5. The van der Waals surface area contributed by atoms with Crippen LogP contribution < -0.4 is 5.32 Å². The van der Waals surface area contributed by atoms with Crippen molar-refractivity contribution >= 4 is 11.6 Å². The minimum absolute atomic E-state index is 0.0381. The van der Waals surface area contributed by atoms with E-state index in [2.05, 4.69) is 43.1 Å². The average Bonchev–Trinajstić information content (AvgIpc) is 2.61. The van der Waals surface area contributed by atoms with Crippen LogP contribution in [0.4, 0.5) is 0 Å². The Morgan fingerprint density at radius 1 is 1.47 bits per heavy atom. The van der Waals surface area contributed by atoms with Crippen molar-refractivity contribution in [1.29, 1.82) is 0 Å². The first kappa shape index (κ1) is 14.5. The van der Waals surface area contributed by atoms with Gasteiger partial charge in [-0.15, -0.1) is 11.6 Å². The maximum absolute atomic E-state index is 5.77. The molecule has 1 heterocycles. The van der Waals surface area contributed by atoms with Crippen molar-refractivity contribution in [3.8, 4) is 0 Å². The molecule has 4 nitrogen and oxygen atoms in total. The van der Waals surface area contributed by atoms with E-state index in [0.29, 0.717) is 11.8 Å². The predicted molar refractivity (Wildman–Crippen MR) is 71.1 cm³/mol. The third-order valence-electron chi connectivity index (χ3n) is 2.68. The van der Waals surface area contributed by atoms with Crippen LogP contribution in [-0.4, -0.2) is 26.2 Å². The van der Waals surface area contributed by atoms with Crippen LogP contribution in [0.25, 0.3) is 0 Å². The molecule has 0 saturated carbocycles. The predicted octanol–water partition coefficient (Wildman–Crippen LogP) is 2.43. The number of alkyl halides is 1. The molecule has 0 aliphatic rings. The lowest BCUT2D eigenvalue weighted by molar-refractivity contribution is 0.361. The SMILES string of the molecule is CC(C)Cn1ncnc1CNC(C)(C)CCCl. The zero-order chi connectivity index (χ0) is 12.9. The molecule has 0 aromatic carbocycles. The largest absolute Gasteiger partial charge is 0.305 e. The van der Waals surface area contributed by atoms with E-state index < -0.39 is 0 Å². The molecule has 0 bridgehead atoms. The first-order chi connectivity index (χ1) is 7.94. The molecule has 0 aliphatic heterocycles. The van der Waals surface area contributed by atoms with Gasteiger partial charge in [0.15, 0.2) is 0 Å². The highest BCUT2D eigenvalue weighted by Crippen LogP contribution is 2.10. The van der Waals surface area contributed by atoms with E-state index in [0.717, 1.165) is 25.3 Å². The highest BCUT2D eigenvalue weighted by molar-refractivity contribution is 6.17. The lowest BCUT2D eigenvalue weighted by Gasteiger charge is -2.25. The summed E-state index contributed by atoms with van der Waals surface area (Å²) in [5.41, 5.74) is 0.0381. The lowest BCUT2D eigenvalue weighted by Crippen LogP contribution is -2.39. The van der Waals surface area contributed by atoms with Crippen molar-refractivity contribution in [2.24, 2.45) is 5.92 Å². The molecule has 5 heteroatoms. The van der Waals surface area contributed by atoms with Crippen LogP contribution in [0.5, 0.6) is 0 Å². The van der Waals surface area contributed by atoms with Crippen molar-refractivity contribution in [2.45, 2.75) is 52.7 Å². The van der Waals surface area contributed by atoms with Crippen LogP contribution in [0.3, 0.4) is 0 Å². The summed E-state index contributed by atoms with van der Waals surface area (Å²) in [6.45, 7) is 10.3. The molecule has 1 aromatic heterocycles. The first-order valence-electron chi connectivity index (χ1n) is 6.12. The monoisotopic (exact) mass is 258 g/mol. The fourth-order valence-corrected chi connectivity index (χ4v) is 2.04. The van der Waals surface area contributed by atoms with Crippen molar-refractivity contribution in [3.05, 3.63) is 12.2 Å². The molecule has 1 aromatic rings. The van der Waals surface area contributed by atoms with Gasteiger partial charge in [-0.05, 0) is 26.2 Å². The quantitative estimate of drug-likeness (QED) is 0.764. The van der Waals surface area contributed by atoms with Crippen LogP contribution in [0, 0.1) is 5.92 Å². The molecule has 98 valence electrons. The van der Waals surface area contributed by atoms with Crippen LogP contribution in [0.1, 0.15) is 39.9 Å². The van der Waals surface area contributed by atoms with E-state index in [1.165, 1.54) is 0 Å². The van der Waals surface area contributed by atoms with E-state index >= 15 is 0 Å². The Hall–Kier alpha value is -0.610. The van der Waals surface area contributed by atoms with Crippen molar-refractivity contribution in [1.82, 2.24) is 20.1 Å². The van der Waals surface area contributed by atoms with Crippen molar-refractivity contribution in [2.75, 3.05) is 5.88 Å². The van der Waals surface area contributed by atoms with Crippen LogP contribution in [0.2, 0.25) is 0 Å². The van der Waals surface area contributed by atoms with Gasteiger partial charge in [-0.2, -0.15) is 5.10 Å². The Balaban J connectivity index is 2.54. The Bertz CT molecular complexity index is 333. The van der Waals surface area contributed by atoms with Gasteiger partial charge in [0.1, 0.15) is 12.2 Å². The average molecular weight is 259 g/mol. The topological polar surface area (TPSA) is 42.7 Å². The van der Waals surface area contributed by atoms with E-state index in [1.54, 1.807) is 6.33 Å². The number of halogens is 1. The number of nitrogens with one attached hydrogen (secondary N) is 1. The second-order valence-electron chi connectivity index (χ2n) is 5.43. The fourth-order valence-electron chi connectivity index (χ4n) is 1.57. The summed E-state index contributed by atoms with van der Waals surface area (Å²) in [6.07, 6.45) is 2.56. The van der Waals surface area contributed by atoms with E-state index in [1.807, 2.05) is 4.68 Å². The van der Waals surface area contributed by atoms with Crippen LogP contribution >= 0.6 is 11.6 Å². The Labute approximate surface area is 109 Å². The lowest BCUT2D eigenvalue weighted by atomic mass is 10.0. The summed E-state index contributed by atoms with van der Waals surface area (Å²) in [5, 5.41) is 7.71. The minimum atomic E-state index is 0.0381. The normalized spacial score (nSPS) is 12.4. The zero-order valence-electron chi connectivity index (χ0n) is 11.2. The Morgan fingerprint density at radius 2 is 2.18 bits per heavy atom. The smallest absolute Gasteiger partial charge is 0.140 e. The number of hydrogen-bond donors (Lipinski definition) is 1. The summed E-state index contributed by atoms with van der Waals surface area (Å²) in [4.78, 5) is 4.29. The molecular weight excluding hydrogens is 236 g/mol. The van der Waals surface area contributed by atoms with Gasteiger partial charge in [-0.25, -0.2) is 9.67 Å². The van der Waals surface area contributed by atoms with Gasteiger partial charge in [0.25, 0.3) is 0 Å². The molecule has 0 spiro atoms. The van der Waals surface area contributed by atoms with Crippen molar-refractivity contribution < 1.29 is 0 Å². The number of hydrogen-bond acceptors (Lipinski definition) is 3. The van der Waals surface area contributed by atoms with Gasteiger partial charge in [-0.3, -0.25) is 0 Å². The molecule has 1 rings (SSSR count). The summed E-state index contributed by atoms with van der Waals surface area (Å²) < 4.78 is 1.97. The molecule has 0 atom stereocenters. The molecule has 0 saturated heterocycles. The first-order valence-corrected chi connectivity index (χ1v) is 6.66. The standard InChI is InChI=1S/C12H23ClN4/c1-10(2)8-17-11(14-9-16-17)7-15-12(3,4)5-6-13/h9-10,15H,5-8H2,1-4H3. The highest BCUT2D eigenvalue weighted by Gasteiger charge is 2.17. The molecule has 17 heavy (non-hydrogen) atoms. The van der Waals surface area contributed by atoms with Crippen LogP contribution in [0.15, 0.2) is 6.33 Å². The van der Waals surface area contributed by atoms with Gasteiger partial charge in [-0.1, -0.05) is 13.8 Å². The third-order valence-corrected chi connectivity index (χ3v) is 2.87. The molecule has 1 N–H and O–H groups in total. The van der Waals surface area contributed by atoms with Gasteiger partial charge in [0.05, 0.1) is 6.54 Å². The molecule has 0 amide bonds. The van der Waals surface area contributed by atoms with Crippen LogP contribution in [-0.2, 0) is 13.1 Å². The fraction of sp³-hybridized carbons (Fsp3) is 0.833. The second-order valence-corrected chi connectivity index (χ2v) is 5.81. The van der Waals surface area contributed by atoms with Crippen molar-refractivity contribution in [3.63, 3.8) is 0 Å². The van der Waals surface area contributed by atoms with Gasteiger partial charge < -0.3 is 5.32 Å². The molecule has 0 fully saturated rings. The maximum Gasteiger partial charge on any atom is 0.140 e. The summed E-state index contributed by atoms with van der Waals surface area (Å²) in [7, 11) is 0. The minimum Gasteiger partial charge on any atom is -0.305 e. The maximum atomic E-state index is 5.77. The van der Waals surface area contributed by atoms with Gasteiger partial charge in [0, 0.05) is 18.0 Å². The molecular formula is C12H23ClN4. The molecule has 0 aliphatic carbocycles. The zero-order valence-corrected chi connectivity index (χ0v) is 12.0. The van der Waals surface area contributed by atoms with E-state index in [-0.39, 0.29) is 5.54 Å². The Kier molecular flexibility index (Phi) is 5.40. The third kappa shape index (κ3) is 5.04. The van der Waals surface area contributed by atoms with E-state index in [4.69, 9.17) is 11.6 Å². The number of rotatable bonds is 7. The van der Waals surface area contributed by atoms with Gasteiger partial charge >= 0.3 is 0 Å². The number of nitrogens with zero attached hydrogens (tertiary/aromatic N) is 3. The van der Waals surface area contributed by atoms with E-state index in [9.17, 15) is 0 Å². The number of aromatic nitrogens is 3.